The Morgan fingerprint density at radius 2 is 1.93 bits per heavy atom. The first-order valence-corrected chi connectivity index (χ1v) is 4.67. The van der Waals surface area contributed by atoms with Crippen LogP contribution in [0, 0.1) is 0 Å². The van der Waals surface area contributed by atoms with Crippen molar-refractivity contribution >= 4 is 5.91 Å². The second kappa shape index (κ2) is 3.42. The minimum Gasteiger partial charge on any atom is -0.341 e. The minimum absolute atomic E-state index is 0.0312. The molecule has 1 aliphatic heterocycles. The summed E-state index contributed by atoms with van der Waals surface area (Å²) in [6, 6.07) is 9.57. The molecule has 1 heterocycles. The fourth-order valence-corrected chi connectivity index (χ4v) is 1.56. The van der Waals surface area contributed by atoms with Crippen LogP contribution in [-0.2, 0) is 9.53 Å². The van der Waals surface area contributed by atoms with Gasteiger partial charge in [0, 0.05) is 7.05 Å². The number of likely N-dealkylation sites (N-methyl/N-ethyl adjacent to an activating group) is 1. The normalized spacial score (nSPS) is 27.0. The predicted octanol–water partition coefficient (Wildman–Crippen LogP) is 1.56. The number of hydrogen-bond donors (Lipinski definition) is 0. The first kappa shape index (κ1) is 9.21. The lowest BCUT2D eigenvalue weighted by molar-refractivity contribution is -0.129. The monoisotopic (exact) mass is 191 g/mol. The lowest BCUT2D eigenvalue weighted by Crippen LogP contribution is -2.27. The maximum absolute atomic E-state index is 11.7. The second-order valence-corrected chi connectivity index (χ2v) is 3.48. The Hall–Kier alpha value is -1.35. The molecule has 0 unspecified atom stereocenters. The Labute approximate surface area is 83.3 Å². The summed E-state index contributed by atoms with van der Waals surface area (Å²) in [5, 5.41) is 0. The van der Waals surface area contributed by atoms with Crippen molar-refractivity contribution in [3.63, 3.8) is 0 Å². The van der Waals surface area contributed by atoms with Crippen LogP contribution >= 0.6 is 0 Å². The topological polar surface area (TPSA) is 29.5 Å². The number of nitrogens with zero attached hydrogens (tertiary/aromatic N) is 1. The summed E-state index contributed by atoms with van der Waals surface area (Å²) in [6.07, 6.45) is -0.552. The van der Waals surface area contributed by atoms with E-state index in [4.69, 9.17) is 4.74 Å². The van der Waals surface area contributed by atoms with Gasteiger partial charge in [-0.3, -0.25) is 4.79 Å². The van der Waals surface area contributed by atoms with Gasteiger partial charge in [-0.05, 0) is 12.5 Å². The zero-order valence-electron chi connectivity index (χ0n) is 8.31. The number of rotatable bonds is 1. The van der Waals surface area contributed by atoms with Crippen molar-refractivity contribution < 1.29 is 9.53 Å². The van der Waals surface area contributed by atoms with Crippen LogP contribution in [0.3, 0.4) is 0 Å². The molecule has 0 saturated carbocycles. The van der Waals surface area contributed by atoms with Gasteiger partial charge in [-0.1, -0.05) is 30.3 Å². The highest BCUT2D eigenvalue weighted by molar-refractivity contribution is 5.83. The van der Waals surface area contributed by atoms with Crippen LogP contribution < -0.4 is 0 Å². The van der Waals surface area contributed by atoms with E-state index in [1.165, 1.54) is 0 Å². The van der Waals surface area contributed by atoms with Gasteiger partial charge in [0.25, 0.3) is 5.91 Å². The predicted molar refractivity (Wildman–Crippen MR) is 52.5 cm³/mol. The molecule has 3 nitrogen and oxygen atoms in total. The summed E-state index contributed by atoms with van der Waals surface area (Å²) >= 11 is 0. The zero-order chi connectivity index (χ0) is 10.1. The van der Waals surface area contributed by atoms with Gasteiger partial charge in [0.1, 0.15) is 6.23 Å². The summed E-state index contributed by atoms with van der Waals surface area (Å²) < 4.78 is 5.55. The average molecular weight is 191 g/mol. The molecule has 2 atom stereocenters. The number of hydrogen-bond acceptors (Lipinski definition) is 2. The third-order valence-corrected chi connectivity index (χ3v) is 2.55. The van der Waals surface area contributed by atoms with Crippen molar-refractivity contribution in [3.8, 4) is 0 Å². The highest BCUT2D eigenvalue weighted by Gasteiger charge is 2.36. The van der Waals surface area contributed by atoms with Crippen molar-refractivity contribution in [2.24, 2.45) is 0 Å². The first-order valence-electron chi connectivity index (χ1n) is 4.67. The summed E-state index contributed by atoms with van der Waals surface area (Å²) in [7, 11) is 1.76. The quantitative estimate of drug-likeness (QED) is 0.674. The number of ether oxygens (including phenoxy) is 1. The largest absolute Gasteiger partial charge is 0.341 e. The lowest BCUT2D eigenvalue weighted by atomic mass is 10.1. The standard InChI is InChI=1S/C11H13NO2/c1-8-12(2)11(13)10(14-8)9-6-4-3-5-7-9/h3-8,10H,1-2H3/t8-,10+/m0/s1. The molecule has 1 aliphatic rings. The summed E-state index contributed by atoms with van der Waals surface area (Å²) in [4.78, 5) is 13.3. The summed E-state index contributed by atoms with van der Waals surface area (Å²) in [5.41, 5.74) is 0.925. The van der Waals surface area contributed by atoms with Crippen LogP contribution in [-0.4, -0.2) is 24.1 Å². The van der Waals surface area contributed by atoms with E-state index in [-0.39, 0.29) is 12.1 Å². The van der Waals surface area contributed by atoms with Gasteiger partial charge in [-0.2, -0.15) is 0 Å². The van der Waals surface area contributed by atoms with Gasteiger partial charge >= 0.3 is 0 Å². The second-order valence-electron chi connectivity index (χ2n) is 3.48. The zero-order valence-corrected chi connectivity index (χ0v) is 8.31. The molecule has 0 spiro atoms. The Morgan fingerprint density at radius 3 is 2.43 bits per heavy atom. The molecule has 1 amide bonds. The van der Waals surface area contributed by atoms with Gasteiger partial charge in [0.15, 0.2) is 6.10 Å². The Bertz CT molecular complexity index is 336. The van der Waals surface area contributed by atoms with Crippen LogP contribution in [0.1, 0.15) is 18.6 Å². The molecular formula is C11H13NO2. The Balaban J connectivity index is 2.26. The molecule has 1 aromatic carbocycles. The molecule has 0 bridgehead atoms. The van der Waals surface area contributed by atoms with Crippen LogP contribution in [0.4, 0.5) is 0 Å². The van der Waals surface area contributed by atoms with E-state index in [0.29, 0.717) is 0 Å². The lowest BCUT2D eigenvalue weighted by Gasteiger charge is -2.11. The third kappa shape index (κ3) is 1.40. The minimum atomic E-state index is -0.420. The van der Waals surface area contributed by atoms with Gasteiger partial charge < -0.3 is 9.64 Å². The molecule has 1 fully saturated rings. The molecule has 1 saturated heterocycles. The number of carbonyl (C=O) groups excluding carboxylic acids is 1. The van der Waals surface area contributed by atoms with E-state index < -0.39 is 6.10 Å². The third-order valence-electron chi connectivity index (χ3n) is 2.55. The Kier molecular flexibility index (Phi) is 2.25. The van der Waals surface area contributed by atoms with Crippen molar-refractivity contribution in [1.82, 2.24) is 4.90 Å². The van der Waals surface area contributed by atoms with Gasteiger partial charge in [0.2, 0.25) is 0 Å². The van der Waals surface area contributed by atoms with Crippen LogP contribution in [0.5, 0.6) is 0 Å². The molecule has 2 rings (SSSR count). The number of benzene rings is 1. The maximum Gasteiger partial charge on any atom is 0.258 e. The van der Waals surface area contributed by atoms with E-state index in [9.17, 15) is 4.79 Å². The highest BCUT2D eigenvalue weighted by Crippen LogP contribution is 2.28. The molecule has 0 N–H and O–H groups in total. The van der Waals surface area contributed by atoms with Crippen molar-refractivity contribution in [2.75, 3.05) is 7.05 Å². The molecule has 1 aromatic rings. The van der Waals surface area contributed by atoms with Gasteiger partial charge in [0.05, 0.1) is 0 Å². The van der Waals surface area contributed by atoms with E-state index in [0.717, 1.165) is 5.56 Å². The van der Waals surface area contributed by atoms with Crippen molar-refractivity contribution in [1.29, 1.82) is 0 Å². The average Bonchev–Trinajstić information content (AvgIpc) is 2.47. The molecule has 74 valence electrons. The van der Waals surface area contributed by atoms with Crippen LogP contribution in [0.25, 0.3) is 0 Å². The summed E-state index contributed by atoms with van der Waals surface area (Å²) in [5.74, 6) is 0.0312. The number of carbonyl (C=O) groups is 1. The highest BCUT2D eigenvalue weighted by atomic mass is 16.5. The van der Waals surface area contributed by atoms with Crippen LogP contribution in [0.2, 0.25) is 0 Å². The fourth-order valence-electron chi connectivity index (χ4n) is 1.56. The molecule has 3 heteroatoms. The van der Waals surface area contributed by atoms with Crippen molar-refractivity contribution in [3.05, 3.63) is 35.9 Å². The van der Waals surface area contributed by atoms with Crippen LogP contribution in [0.15, 0.2) is 30.3 Å². The SMILES string of the molecule is C[C@@H]1O[C@H](c2ccccc2)C(=O)N1C. The fraction of sp³-hybridized carbons (Fsp3) is 0.364. The van der Waals surface area contributed by atoms with E-state index in [1.54, 1.807) is 11.9 Å². The maximum atomic E-state index is 11.7. The van der Waals surface area contributed by atoms with E-state index >= 15 is 0 Å². The molecule has 0 aromatic heterocycles. The molecular weight excluding hydrogens is 178 g/mol. The van der Waals surface area contributed by atoms with Gasteiger partial charge in [-0.25, -0.2) is 0 Å². The van der Waals surface area contributed by atoms with Crippen molar-refractivity contribution in [2.45, 2.75) is 19.3 Å². The molecule has 14 heavy (non-hydrogen) atoms. The molecule has 0 radical (unpaired) electrons. The first-order chi connectivity index (χ1) is 6.70. The summed E-state index contributed by atoms with van der Waals surface area (Å²) in [6.45, 7) is 1.88. The Morgan fingerprint density at radius 1 is 1.29 bits per heavy atom. The van der Waals surface area contributed by atoms with E-state index in [1.807, 2.05) is 37.3 Å². The smallest absolute Gasteiger partial charge is 0.258 e. The number of amides is 1. The molecule has 0 aliphatic carbocycles. The van der Waals surface area contributed by atoms with Gasteiger partial charge in [-0.15, -0.1) is 0 Å². The van der Waals surface area contributed by atoms with E-state index in [2.05, 4.69) is 0 Å².